The quantitative estimate of drug-likeness (QED) is 0.377. The molecule has 1 N–H and O–H groups in total. The summed E-state index contributed by atoms with van der Waals surface area (Å²) in [4.78, 5) is 31.5. The van der Waals surface area contributed by atoms with Crippen LogP contribution in [0.25, 0.3) is 22.6 Å². The van der Waals surface area contributed by atoms with Crippen molar-refractivity contribution in [1.29, 1.82) is 0 Å². The van der Waals surface area contributed by atoms with Crippen LogP contribution in [0, 0.1) is 0 Å². The number of nitrogens with one attached hydrogen (secondary N) is 1. The number of alkyl halides is 3. The highest BCUT2D eigenvalue weighted by atomic mass is 19.4. The summed E-state index contributed by atoms with van der Waals surface area (Å²) in [7, 11) is 3.50. The number of alkyl carbamates (subject to hydrolysis) is 1. The molecule has 11 nitrogen and oxygen atoms in total. The van der Waals surface area contributed by atoms with Crippen molar-refractivity contribution in [3.8, 4) is 22.6 Å². The van der Waals surface area contributed by atoms with Gasteiger partial charge in [-0.2, -0.15) is 18.3 Å². The van der Waals surface area contributed by atoms with Crippen molar-refractivity contribution in [3.63, 3.8) is 0 Å². The molecule has 5 rings (SSSR count). The summed E-state index contributed by atoms with van der Waals surface area (Å²) in [5, 5.41) is 15.1. The van der Waals surface area contributed by atoms with E-state index in [0.717, 1.165) is 6.07 Å². The van der Waals surface area contributed by atoms with Crippen molar-refractivity contribution in [3.05, 3.63) is 65.2 Å². The van der Waals surface area contributed by atoms with Crippen LogP contribution in [0.4, 0.5) is 23.8 Å². The molecule has 0 unspecified atom stereocenters. The molecular weight excluding hydrogens is 541 g/mol. The zero-order valence-corrected chi connectivity index (χ0v) is 22.9. The van der Waals surface area contributed by atoms with Gasteiger partial charge in [0.15, 0.2) is 5.82 Å². The first kappa shape index (κ1) is 27.8. The first-order valence-corrected chi connectivity index (χ1v) is 12.6. The Morgan fingerprint density at radius 2 is 1.88 bits per heavy atom. The van der Waals surface area contributed by atoms with Crippen LogP contribution in [0.3, 0.4) is 0 Å². The number of carbonyl (C=O) groups excluding carboxylic acids is 2. The summed E-state index contributed by atoms with van der Waals surface area (Å²) >= 11 is 0. The number of hydrogen-bond acceptors (Lipinski definition) is 7. The SMILES string of the molecule is Cn1cnnc1-c1cnn(C)c1-c1cc(CNC(=O)OC(C)(C)C)nc(N2Cc3c(cccc3C(F)(F)F)C2=O)c1. The fraction of sp³-hybridized carbons (Fsp3) is 0.333. The highest BCUT2D eigenvalue weighted by Crippen LogP contribution is 2.39. The van der Waals surface area contributed by atoms with E-state index < -0.39 is 29.3 Å². The van der Waals surface area contributed by atoms with Gasteiger partial charge in [-0.3, -0.25) is 14.4 Å². The topological polar surface area (TPSA) is 120 Å². The molecule has 2 amide bonds. The van der Waals surface area contributed by atoms with Crippen LogP contribution in [0.5, 0.6) is 0 Å². The minimum absolute atomic E-state index is 0.0410. The second-order valence-corrected chi connectivity index (χ2v) is 10.6. The van der Waals surface area contributed by atoms with Gasteiger partial charge in [0.05, 0.1) is 41.8 Å². The third-order valence-electron chi connectivity index (χ3n) is 6.39. The van der Waals surface area contributed by atoms with Crippen LogP contribution in [0.1, 0.15) is 48.0 Å². The standard InChI is InChI=1S/C27H27F3N8O3/c1-26(2,3)41-25(40)31-11-16-9-15(22-18(12-33-37(22)5)23-35-32-14-36(23)4)10-21(34-16)38-13-19-17(24(38)39)7-6-8-20(19)27(28,29)30/h6-10,12,14H,11,13H2,1-5H3,(H,31,40). The first-order valence-electron chi connectivity index (χ1n) is 12.6. The normalized spacial score (nSPS) is 13.5. The van der Waals surface area contributed by atoms with Crippen LogP contribution >= 0.6 is 0 Å². The second-order valence-electron chi connectivity index (χ2n) is 10.6. The zero-order chi connectivity index (χ0) is 29.7. The van der Waals surface area contributed by atoms with Gasteiger partial charge in [0.2, 0.25) is 0 Å². The lowest BCUT2D eigenvalue weighted by Gasteiger charge is -2.20. The molecule has 0 saturated carbocycles. The number of anilines is 1. The van der Waals surface area contributed by atoms with Crippen molar-refractivity contribution >= 4 is 17.8 Å². The summed E-state index contributed by atoms with van der Waals surface area (Å²) in [6, 6.07) is 6.84. The second kappa shape index (κ2) is 10.0. The zero-order valence-electron chi connectivity index (χ0n) is 22.9. The van der Waals surface area contributed by atoms with E-state index in [9.17, 15) is 22.8 Å². The molecule has 4 heterocycles. The van der Waals surface area contributed by atoms with Crippen molar-refractivity contribution in [2.45, 2.75) is 45.6 Å². The summed E-state index contributed by atoms with van der Waals surface area (Å²) in [5.74, 6) is 0.0302. The lowest BCUT2D eigenvalue weighted by molar-refractivity contribution is -0.138. The maximum absolute atomic E-state index is 13.7. The van der Waals surface area contributed by atoms with Gasteiger partial charge in [0.25, 0.3) is 5.91 Å². The van der Waals surface area contributed by atoms with E-state index >= 15 is 0 Å². The lowest BCUT2D eigenvalue weighted by atomic mass is 10.0. The van der Waals surface area contributed by atoms with Gasteiger partial charge in [-0.1, -0.05) is 6.07 Å². The fourth-order valence-electron chi connectivity index (χ4n) is 4.67. The van der Waals surface area contributed by atoms with Gasteiger partial charge >= 0.3 is 12.3 Å². The largest absolute Gasteiger partial charge is 0.444 e. The monoisotopic (exact) mass is 568 g/mol. The van der Waals surface area contributed by atoms with E-state index in [4.69, 9.17) is 4.74 Å². The van der Waals surface area contributed by atoms with Crippen LogP contribution in [0.2, 0.25) is 0 Å². The summed E-state index contributed by atoms with van der Waals surface area (Å²) in [6.45, 7) is 4.79. The molecule has 0 fully saturated rings. The minimum Gasteiger partial charge on any atom is -0.444 e. The molecule has 4 aromatic rings. The van der Waals surface area contributed by atoms with Gasteiger partial charge in [0, 0.05) is 25.2 Å². The molecule has 1 aliphatic heterocycles. The minimum atomic E-state index is -4.63. The highest BCUT2D eigenvalue weighted by Gasteiger charge is 2.40. The number of ether oxygens (including phenoxy) is 1. The summed E-state index contributed by atoms with van der Waals surface area (Å²) < 4.78 is 49.9. The van der Waals surface area contributed by atoms with Crippen molar-refractivity contribution in [2.24, 2.45) is 14.1 Å². The van der Waals surface area contributed by atoms with Gasteiger partial charge in [-0.05, 0) is 50.6 Å². The number of hydrogen-bond donors (Lipinski definition) is 1. The van der Waals surface area contributed by atoms with Gasteiger partial charge in [-0.15, -0.1) is 10.2 Å². The van der Waals surface area contributed by atoms with E-state index in [-0.39, 0.29) is 30.0 Å². The molecule has 3 aromatic heterocycles. The Morgan fingerprint density at radius 1 is 1.12 bits per heavy atom. The Bertz CT molecular complexity index is 1650. The summed E-state index contributed by atoms with van der Waals surface area (Å²) in [6.07, 6.45) is -2.14. The molecule has 214 valence electrons. The van der Waals surface area contributed by atoms with Crippen LogP contribution < -0.4 is 10.2 Å². The number of nitrogens with zero attached hydrogens (tertiary/aromatic N) is 7. The van der Waals surface area contributed by atoms with Crippen molar-refractivity contribution in [2.75, 3.05) is 4.90 Å². The van der Waals surface area contributed by atoms with E-state index in [1.165, 1.54) is 17.0 Å². The number of aryl methyl sites for hydroxylation is 2. The van der Waals surface area contributed by atoms with Crippen molar-refractivity contribution < 1.29 is 27.5 Å². The van der Waals surface area contributed by atoms with E-state index in [1.807, 2.05) is 0 Å². The third-order valence-corrected chi connectivity index (χ3v) is 6.39. The molecule has 0 bridgehead atoms. The molecule has 0 spiro atoms. The number of fused-ring (bicyclic) bond motifs is 1. The van der Waals surface area contributed by atoms with Crippen LogP contribution in [0.15, 0.2) is 42.9 Å². The van der Waals surface area contributed by atoms with Crippen LogP contribution in [-0.4, -0.2) is 47.1 Å². The third kappa shape index (κ3) is 5.49. The summed E-state index contributed by atoms with van der Waals surface area (Å²) in [5.41, 5.74) is 0.363. The predicted molar refractivity (Wildman–Crippen MR) is 141 cm³/mol. The molecule has 14 heteroatoms. The maximum Gasteiger partial charge on any atom is 0.416 e. The Morgan fingerprint density at radius 3 is 2.54 bits per heavy atom. The molecule has 1 aromatic carbocycles. The number of carbonyl (C=O) groups is 2. The number of halogens is 3. The van der Waals surface area contributed by atoms with Crippen molar-refractivity contribution in [1.82, 2.24) is 34.8 Å². The number of benzene rings is 1. The highest BCUT2D eigenvalue weighted by molar-refractivity contribution is 6.10. The average molecular weight is 569 g/mol. The smallest absolute Gasteiger partial charge is 0.416 e. The number of rotatable bonds is 5. The molecule has 41 heavy (non-hydrogen) atoms. The maximum atomic E-state index is 13.7. The Labute approximate surface area is 233 Å². The first-order chi connectivity index (χ1) is 19.2. The van der Waals surface area contributed by atoms with E-state index in [0.29, 0.717) is 28.3 Å². The number of aromatic nitrogens is 6. The number of amides is 2. The van der Waals surface area contributed by atoms with E-state index in [2.05, 4.69) is 25.6 Å². The van der Waals surface area contributed by atoms with Gasteiger partial charge in [-0.25, -0.2) is 9.78 Å². The average Bonchev–Trinajstić information content (AvgIpc) is 3.57. The molecule has 0 aliphatic carbocycles. The number of pyridine rings is 1. The Hall–Kier alpha value is -4.75. The van der Waals surface area contributed by atoms with Gasteiger partial charge < -0.3 is 14.6 Å². The molecule has 0 saturated heterocycles. The lowest BCUT2D eigenvalue weighted by Crippen LogP contribution is -2.32. The fourth-order valence-corrected chi connectivity index (χ4v) is 4.67. The molecule has 0 radical (unpaired) electrons. The predicted octanol–water partition coefficient (Wildman–Crippen LogP) is 4.48. The molecular formula is C27H27F3N8O3. The molecule has 0 atom stereocenters. The van der Waals surface area contributed by atoms with E-state index in [1.54, 1.807) is 68.8 Å². The van der Waals surface area contributed by atoms with Gasteiger partial charge in [0.1, 0.15) is 17.7 Å². The Kier molecular flexibility index (Phi) is 6.79. The Balaban J connectivity index is 1.59. The molecule has 1 aliphatic rings. The van der Waals surface area contributed by atoms with Crippen LogP contribution in [-0.2, 0) is 38.1 Å².